The molecule has 0 unspecified atom stereocenters. The van der Waals surface area contributed by atoms with Gasteiger partial charge < -0.3 is 14.8 Å². The first-order valence-electron chi connectivity index (χ1n) is 10.3. The zero-order valence-electron chi connectivity index (χ0n) is 17.4. The number of nitrogens with zero attached hydrogens (tertiary/aromatic N) is 1. The number of amides is 1. The Morgan fingerprint density at radius 1 is 1.03 bits per heavy atom. The third-order valence-electron chi connectivity index (χ3n) is 5.86. The molecule has 3 aromatic rings. The van der Waals surface area contributed by atoms with Gasteiger partial charge in [-0.3, -0.25) is 9.78 Å². The van der Waals surface area contributed by atoms with Crippen LogP contribution < -0.4 is 14.8 Å². The van der Waals surface area contributed by atoms with Gasteiger partial charge in [-0.05, 0) is 65.9 Å². The molecule has 5 nitrogen and oxygen atoms in total. The van der Waals surface area contributed by atoms with E-state index < -0.39 is 5.41 Å². The molecule has 1 aliphatic rings. The molecule has 1 heterocycles. The lowest BCUT2D eigenvalue weighted by Crippen LogP contribution is -2.49. The van der Waals surface area contributed by atoms with Gasteiger partial charge in [-0.25, -0.2) is 4.39 Å². The predicted molar refractivity (Wildman–Crippen MR) is 115 cm³/mol. The van der Waals surface area contributed by atoms with Crippen LogP contribution in [0.15, 0.2) is 67.0 Å². The van der Waals surface area contributed by atoms with E-state index in [0.29, 0.717) is 24.7 Å². The summed E-state index contributed by atoms with van der Waals surface area (Å²) in [6, 6.07) is 15.7. The standard InChI is InChI=1S/C25H25FN2O3/c1-30-23-15-19(3-8-22(23)31-17-18-9-13-27-14-10-18)16-28-24(29)25(11-2-12-25)20-4-6-21(26)7-5-20/h3-10,13-15H,2,11-12,16-17H2,1H3,(H,28,29). The smallest absolute Gasteiger partial charge is 0.230 e. The number of carbonyl (C=O) groups excluding carboxylic acids is 1. The van der Waals surface area contributed by atoms with Gasteiger partial charge in [-0.15, -0.1) is 0 Å². The van der Waals surface area contributed by atoms with Gasteiger partial charge in [0.2, 0.25) is 5.91 Å². The summed E-state index contributed by atoms with van der Waals surface area (Å²) in [7, 11) is 1.59. The van der Waals surface area contributed by atoms with Crippen molar-refractivity contribution in [1.82, 2.24) is 10.3 Å². The van der Waals surface area contributed by atoms with E-state index in [4.69, 9.17) is 9.47 Å². The lowest BCUT2D eigenvalue weighted by molar-refractivity contribution is -0.130. The van der Waals surface area contributed by atoms with Gasteiger partial charge in [0.15, 0.2) is 11.5 Å². The molecular formula is C25H25FN2O3. The molecule has 160 valence electrons. The Kier molecular flexibility index (Phi) is 6.16. The number of methoxy groups -OCH3 is 1. The molecule has 0 radical (unpaired) electrons. The summed E-state index contributed by atoms with van der Waals surface area (Å²) in [5.74, 6) is 0.924. The van der Waals surface area contributed by atoms with Gasteiger partial charge in [0.05, 0.1) is 12.5 Å². The molecule has 4 rings (SSSR count). The van der Waals surface area contributed by atoms with Crippen LogP contribution in [0.3, 0.4) is 0 Å². The fourth-order valence-electron chi connectivity index (χ4n) is 3.88. The van der Waals surface area contributed by atoms with Gasteiger partial charge in [0.25, 0.3) is 0 Å². The predicted octanol–water partition coefficient (Wildman–Crippen LogP) is 4.55. The van der Waals surface area contributed by atoms with Gasteiger partial charge in [0, 0.05) is 18.9 Å². The molecule has 0 aliphatic heterocycles. The summed E-state index contributed by atoms with van der Waals surface area (Å²) in [5, 5.41) is 3.05. The first-order chi connectivity index (χ1) is 15.1. The summed E-state index contributed by atoms with van der Waals surface area (Å²) in [6.45, 7) is 0.790. The number of ether oxygens (including phenoxy) is 2. The second-order valence-electron chi connectivity index (χ2n) is 7.75. The van der Waals surface area contributed by atoms with Gasteiger partial charge in [0.1, 0.15) is 12.4 Å². The van der Waals surface area contributed by atoms with E-state index in [9.17, 15) is 9.18 Å². The monoisotopic (exact) mass is 420 g/mol. The molecule has 0 saturated heterocycles. The van der Waals surface area contributed by atoms with Gasteiger partial charge in [-0.2, -0.15) is 0 Å². The summed E-state index contributed by atoms with van der Waals surface area (Å²) in [6.07, 6.45) is 5.98. The quantitative estimate of drug-likeness (QED) is 0.581. The molecule has 6 heteroatoms. The van der Waals surface area contributed by atoms with Crippen LogP contribution >= 0.6 is 0 Å². The first kappa shape index (κ1) is 20.8. The Morgan fingerprint density at radius 2 is 1.77 bits per heavy atom. The normalized spacial score (nSPS) is 14.4. The lowest BCUT2D eigenvalue weighted by atomic mass is 9.64. The van der Waals surface area contributed by atoms with Crippen LogP contribution in [0.5, 0.6) is 11.5 Å². The van der Waals surface area contributed by atoms with Crippen LogP contribution in [-0.2, 0) is 23.4 Å². The van der Waals surface area contributed by atoms with Crippen molar-refractivity contribution >= 4 is 5.91 Å². The second-order valence-corrected chi connectivity index (χ2v) is 7.75. The highest BCUT2D eigenvalue weighted by Crippen LogP contribution is 2.44. The third-order valence-corrected chi connectivity index (χ3v) is 5.86. The third kappa shape index (κ3) is 4.53. The van der Waals surface area contributed by atoms with E-state index in [1.165, 1.54) is 12.1 Å². The van der Waals surface area contributed by atoms with E-state index in [-0.39, 0.29) is 11.7 Å². The van der Waals surface area contributed by atoms with Crippen molar-refractivity contribution in [3.8, 4) is 11.5 Å². The topological polar surface area (TPSA) is 60.5 Å². The molecular weight excluding hydrogens is 395 g/mol. The number of nitrogens with one attached hydrogen (secondary N) is 1. The Labute approximate surface area is 181 Å². The van der Waals surface area contributed by atoms with E-state index in [1.807, 2.05) is 30.3 Å². The summed E-state index contributed by atoms with van der Waals surface area (Å²) >= 11 is 0. The molecule has 1 aliphatic carbocycles. The molecule has 0 atom stereocenters. The Hall–Kier alpha value is -3.41. The number of carbonyl (C=O) groups is 1. The van der Waals surface area contributed by atoms with Crippen molar-refractivity contribution in [2.24, 2.45) is 0 Å². The highest BCUT2D eigenvalue weighted by atomic mass is 19.1. The van der Waals surface area contributed by atoms with E-state index >= 15 is 0 Å². The van der Waals surface area contributed by atoms with Crippen molar-refractivity contribution < 1.29 is 18.7 Å². The minimum Gasteiger partial charge on any atom is -0.493 e. The highest BCUT2D eigenvalue weighted by molar-refractivity contribution is 5.89. The minimum absolute atomic E-state index is 0.0256. The SMILES string of the molecule is COc1cc(CNC(=O)C2(c3ccc(F)cc3)CCC2)ccc1OCc1ccncc1. The molecule has 1 N–H and O–H groups in total. The van der Waals surface area contributed by atoms with Gasteiger partial charge in [-0.1, -0.05) is 24.6 Å². The molecule has 1 saturated carbocycles. The molecule has 0 bridgehead atoms. The fourth-order valence-corrected chi connectivity index (χ4v) is 3.88. The molecule has 0 spiro atoms. The molecule has 2 aromatic carbocycles. The van der Waals surface area contributed by atoms with Crippen LogP contribution in [0.4, 0.5) is 4.39 Å². The molecule has 1 aromatic heterocycles. The largest absolute Gasteiger partial charge is 0.493 e. The Bertz CT molecular complexity index is 1030. The molecule has 31 heavy (non-hydrogen) atoms. The number of rotatable bonds is 8. The zero-order valence-corrected chi connectivity index (χ0v) is 17.4. The van der Waals surface area contributed by atoms with Crippen molar-refractivity contribution in [3.05, 3.63) is 89.5 Å². The number of benzene rings is 2. The van der Waals surface area contributed by atoms with Crippen molar-refractivity contribution in [3.63, 3.8) is 0 Å². The highest BCUT2D eigenvalue weighted by Gasteiger charge is 2.45. The summed E-state index contributed by atoms with van der Waals surface area (Å²) < 4.78 is 24.6. The van der Waals surface area contributed by atoms with Crippen LogP contribution in [-0.4, -0.2) is 18.0 Å². The fraction of sp³-hybridized carbons (Fsp3) is 0.280. The number of aromatic nitrogens is 1. The Morgan fingerprint density at radius 3 is 2.42 bits per heavy atom. The average Bonchev–Trinajstić information content (AvgIpc) is 2.77. The number of hydrogen-bond donors (Lipinski definition) is 1. The van der Waals surface area contributed by atoms with Gasteiger partial charge >= 0.3 is 0 Å². The number of hydrogen-bond acceptors (Lipinski definition) is 4. The average molecular weight is 420 g/mol. The van der Waals surface area contributed by atoms with Crippen LogP contribution in [0.1, 0.15) is 36.0 Å². The zero-order chi connectivity index (χ0) is 21.7. The second kappa shape index (κ2) is 9.16. The maximum atomic E-state index is 13.3. The number of halogens is 1. The van der Waals surface area contributed by atoms with E-state index in [2.05, 4.69) is 10.3 Å². The lowest BCUT2D eigenvalue weighted by Gasteiger charge is -2.40. The molecule has 1 amide bonds. The maximum Gasteiger partial charge on any atom is 0.230 e. The van der Waals surface area contributed by atoms with E-state index in [1.54, 1.807) is 31.6 Å². The van der Waals surface area contributed by atoms with E-state index in [0.717, 1.165) is 36.0 Å². The summed E-state index contributed by atoms with van der Waals surface area (Å²) in [5.41, 5.74) is 2.23. The van der Waals surface area contributed by atoms with Crippen molar-refractivity contribution in [2.45, 2.75) is 37.8 Å². The summed E-state index contributed by atoms with van der Waals surface area (Å²) in [4.78, 5) is 17.0. The Balaban J connectivity index is 1.41. The van der Waals surface area contributed by atoms with Crippen LogP contribution in [0.2, 0.25) is 0 Å². The maximum absolute atomic E-state index is 13.3. The first-order valence-corrected chi connectivity index (χ1v) is 10.3. The van der Waals surface area contributed by atoms with Crippen molar-refractivity contribution in [1.29, 1.82) is 0 Å². The minimum atomic E-state index is -0.564. The number of pyridine rings is 1. The van der Waals surface area contributed by atoms with Crippen LogP contribution in [0, 0.1) is 5.82 Å². The molecule has 1 fully saturated rings. The van der Waals surface area contributed by atoms with Crippen molar-refractivity contribution in [2.75, 3.05) is 7.11 Å². The van der Waals surface area contributed by atoms with Crippen LogP contribution in [0.25, 0.3) is 0 Å².